The minimum atomic E-state index is 0. The molecule has 0 unspecified atom stereocenters. The molecular weight excluding hydrogens is 370 g/mol. The molecule has 0 fully saturated rings. The van der Waals surface area contributed by atoms with E-state index in [9.17, 15) is 0 Å². The van der Waals surface area contributed by atoms with Gasteiger partial charge in [-0.05, 0) is 13.8 Å². The van der Waals surface area contributed by atoms with Crippen molar-refractivity contribution in [2.45, 2.75) is 13.8 Å². The van der Waals surface area contributed by atoms with Gasteiger partial charge in [-0.1, -0.05) is 8.64 Å². The standard InChI is InChI=1S/C5H11NS2.C3H7NS2.2Ni/c1-3-6(4-2)5(7)8;1-4(2)3(5)6;;/h3-4H2,1-2H3,(H,7,8);1-2H3,(H,5,6);;/q;;2*+2/p-2. The number of nitrogens with zero attached hydrogens (tertiary/aromatic N) is 2. The van der Waals surface area contributed by atoms with Crippen LogP contribution in [0.15, 0.2) is 0 Å². The molecule has 0 N–H and O–H groups in total. The molecule has 0 aromatic carbocycles. The van der Waals surface area contributed by atoms with E-state index in [4.69, 9.17) is 24.8 Å². The molecule has 0 aliphatic rings. The Bertz CT molecular complexity index is 187. The number of hydrogen-bond acceptors (Lipinski definition) is 4. The van der Waals surface area contributed by atoms with E-state index in [2.05, 4.69) is 24.8 Å². The van der Waals surface area contributed by atoms with Crippen LogP contribution in [-0.4, -0.2) is 45.6 Å². The molecule has 0 saturated carbocycles. The molecule has 0 amide bonds. The van der Waals surface area contributed by atoms with E-state index >= 15 is 0 Å². The Morgan fingerprint density at radius 3 is 1.19 bits per heavy atom. The van der Waals surface area contributed by atoms with Crippen molar-refractivity contribution in [1.82, 2.24) is 9.80 Å². The maximum Gasteiger partial charge on any atom is 2.00 e. The molecule has 0 aliphatic carbocycles. The molecule has 16 heavy (non-hydrogen) atoms. The number of hydrogen-bond donors (Lipinski definition) is 0. The fourth-order valence-corrected chi connectivity index (χ4v) is 0.998. The van der Waals surface area contributed by atoms with Gasteiger partial charge in [0.15, 0.2) is 0 Å². The number of thiocarbonyl (C=S) groups is 2. The zero-order valence-electron chi connectivity index (χ0n) is 9.57. The topological polar surface area (TPSA) is 6.48 Å². The van der Waals surface area contributed by atoms with Crippen molar-refractivity contribution in [3.05, 3.63) is 0 Å². The Hall–Kier alpha value is 1.21. The van der Waals surface area contributed by atoms with Crippen molar-refractivity contribution < 1.29 is 33.0 Å². The third-order valence-electron chi connectivity index (χ3n) is 1.39. The Morgan fingerprint density at radius 2 is 1.19 bits per heavy atom. The fourth-order valence-electron chi connectivity index (χ4n) is 0.482. The van der Waals surface area contributed by atoms with Gasteiger partial charge < -0.3 is 59.5 Å². The van der Waals surface area contributed by atoms with Gasteiger partial charge >= 0.3 is 33.0 Å². The van der Waals surface area contributed by atoms with E-state index in [0.717, 1.165) is 13.1 Å². The summed E-state index contributed by atoms with van der Waals surface area (Å²) in [5, 5.41) is 0. The van der Waals surface area contributed by atoms with Crippen LogP contribution < -0.4 is 0 Å². The summed E-state index contributed by atoms with van der Waals surface area (Å²) < 4.78 is 1.09. The molecule has 0 aromatic rings. The monoisotopic (exact) mass is 384 g/mol. The van der Waals surface area contributed by atoms with Crippen LogP contribution in [0.3, 0.4) is 0 Å². The molecule has 0 heterocycles. The maximum absolute atomic E-state index is 4.76. The summed E-state index contributed by atoms with van der Waals surface area (Å²) in [6.07, 6.45) is 0. The molecule has 0 saturated heterocycles. The first-order valence-electron chi connectivity index (χ1n) is 4.20. The molecular formula is C8H16N2Ni2S4+2. The van der Waals surface area contributed by atoms with E-state index in [-0.39, 0.29) is 33.0 Å². The Kier molecular flexibility index (Phi) is 26.2. The van der Waals surface area contributed by atoms with Crippen LogP contribution in [0, 0.1) is 0 Å². The first-order chi connectivity index (χ1) is 6.36. The molecule has 0 radical (unpaired) electrons. The van der Waals surface area contributed by atoms with Crippen LogP contribution in [0.25, 0.3) is 0 Å². The average Bonchev–Trinajstić information content (AvgIpc) is 2.06. The maximum atomic E-state index is 4.76. The summed E-state index contributed by atoms with van der Waals surface area (Å²) >= 11 is 18.6. The Balaban J connectivity index is -0.0000000825. The van der Waals surface area contributed by atoms with Gasteiger partial charge in [-0.2, -0.15) is 0 Å². The predicted molar refractivity (Wildman–Crippen MR) is 76.5 cm³/mol. The van der Waals surface area contributed by atoms with Crippen LogP contribution >= 0.6 is 24.4 Å². The van der Waals surface area contributed by atoms with Crippen molar-refractivity contribution in [1.29, 1.82) is 0 Å². The molecule has 100 valence electrons. The molecule has 0 spiro atoms. The van der Waals surface area contributed by atoms with Crippen LogP contribution in [-0.2, 0) is 58.2 Å². The van der Waals surface area contributed by atoms with Crippen molar-refractivity contribution in [2.75, 3.05) is 27.2 Å². The third kappa shape index (κ3) is 17.6. The van der Waals surface area contributed by atoms with Crippen LogP contribution in [0.2, 0.25) is 0 Å². The summed E-state index contributed by atoms with van der Waals surface area (Å²) in [5.41, 5.74) is 0. The summed E-state index contributed by atoms with van der Waals surface area (Å²) in [5.74, 6) is 0. The second kappa shape index (κ2) is 16.2. The molecule has 0 rings (SSSR count). The predicted octanol–water partition coefficient (Wildman–Crippen LogP) is 1.53. The van der Waals surface area contributed by atoms with E-state index in [1.807, 2.05) is 32.8 Å². The summed E-state index contributed by atoms with van der Waals surface area (Å²) in [6.45, 7) is 5.95. The van der Waals surface area contributed by atoms with Gasteiger partial charge in [-0.25, -0.2) is 0 Å². The summed E-state index contributed by atoms with van der Waals surface area (Å²) in [7, 11) is 3.66. The smallest absolute Gasteiger partial charge is 0.411 e. The largest absolute Gasteiger partial charge is 2.00 e. The van der Waals surface area contributed by atoms with Gasteiger partial charge in [0.1, 0.15) is 0 Å². The Labute approximate surface area is 141 Å². The first kappa shape index (κ1) is 25.9. The Morgan fingerprint density at radius 1 is 0.938 bits per heavy atom. The molecule has 8 heteroatoms. The zero-order valence-corrected chi connectivity index (χ0v) is 14.8. The summed E-state index contributed by atoms with van der Waals surface area (Å²) in [6, 6.07) is 0. The second-order valence-electron chi connectivity index (χ2n) is 2.60. The van der Waals surface area contributed by atoms with Gasteiger partial charge in [-0.3, -0.25) is 0 Å². The molecule has 0 bridgehead atoms. The zero-order chi connectivity index (χ0) is 11.7. The van der Waals surface area contributed by atoms with Crippen molar-refractivity contribution in [2.24, 2.45) is 0 Å². The molecule has 0 atom stereocenters. The van der Waals surface area contributed by atoms with Crippen molar-refractivity contribution >= 4 is 58.3 Å². The van der Waals surface area contributed by atoms with E-state index in [1.165, 1.54) is 0 Å². The van der Waals surface area contributed by atoms with Crippen LogP contribution in [0.5, 0.6) is 0 Å². The summed E-state index contributed by atoms with van der Waals surface area (Å²) in [4.78, 5) is 3.68. The van der Waals surface area contributed by atoms with Gasteiger partial charge in [0.2, 0.25) is 0 Å². The minimum Gasteiger partial charge on any atom is -0.411 e. The normalized spacial score (nSPS) is 7.25. The van der Waals surface area contributed by atoms with Gasteiger partial charge in [0.25, 0.3) is 0 Å². The molecule has 0 aromatic heterocycles. The van der Waals surface area contributed by atoms with Gasteiger partial charge in [0.05, 0.1) is 0 Å². The van der Waals surface area contributed by atoms with E-state index in [0.29, 0.717) is 8.64 Å². The molecule has 2 nitrogen and oxygen atoms in total. The molecule has 0 aliphatic heterocycles. The van der Waals surface area contributed by atoms with Crippen LogP contribution in [0.4, 0.5) is 0 Å². The van der Waals surface area contributed by atoms with E-state index < -0.39 is 0 Å². The van der Waals surface area contributed by atoms with Gasteiger partial charge in [-0.15, -0.1) is 0 Å². The van der Waals surface area contributed by atoms with Gasteiger partial charge in [0, 0.05) is 27.2 Å². The fraction of sp³-hybridized carbons (Fsp3) is 0.750. The number of rotatable bonds is 2. The quantitative estimate of drug-likeness (QED) is 0.401. The second-order valence-corrected chi connectivity index (χ2v) is 4.66. The van der Waals surface area contributed by atoms with Crippen molar-refractivity contribution in [3.63, 3.8) is 0 Å². The minimum absolute atomic E-state index is 0. The first-order valence-corrected chi connectivity index (χ1v) is 5.84. The van der Waals surface area contributed by atoms with Crippen LogP contribution in [0.1, 0.15) is 13.8 Å². The van der Waals surface area contributed by atoms with E-state index in [1.54, 1.807) is 4.90 Å². The SMILES string of the molecule is CCN(CC)C(=S)[S-].CN(C)C(=S)[S-].[Ni+2].[Ni+2]. The third-order valence-corrected chi connectivity index (χ3v) is 2.63. The van der Waals surface area contributed by atoms with Crippen molar-refractivity contribution in [3.8, 4) is 0 Å². The average molecular weight is 386 g/mol.